The number of aromatic nitrogens is 1. The predicted octanol–water partition coefficient (Wildman–Crippen LogP) is 3.46. The molecule has 1 aliphatic rings. The number of pyridine rings is 1. The highest BCUT2D eigenvalue weighted by Gasteiger charge is 2.35. The second-order valence-corrected chi connectivity index (χ2v) is 10.8. The number of nitrogens with zero attached hydrogens (tertiary/aromatic N) is 3. The first-order valence-electron chi connectivity index (χ1n) is 13.5. The zero-order valence-electron chi connectivity index (χ0n) is 23.8. The van der Waals surface area contributed by atoms with E-state index in [-0.39, 0.29) is 73.3 Å². The summed E-state index contributed by atoms with van der Waals surface area (Å²) in [5.74, 6) is -0.269. The van der Waals surface area contributed by atoms with Crippen molar-refractivity contribution in [2.24, 2.45) is 16.1 Å². The molecule has 226 valence electrons. The van der Waals surface area contributed by atoms with E-state index in [0.29, 0.717) is 17.7 Å². The van der Waals surface area contributed by atoms with Crippen molar-refractivity contribution >= 4 is 52.5 Å². The Labute approximate surface area is 252 Å². The number of carbonyl (C=O) groups excluding carboxylic acids is 6. The molecule has 0 radical (unpaired) electrons. The Balaban J connectivity index is 1.52. The highest BCUT2D eigenvalue weighted by molar-refractivity contribution is 7.10. The van der Waals surface area contributed by atoms with Crippen molar-refractivity contribution in [2.75, 3.05) is 18.5 Å². The molecule has 13 nitrogen and oxygen atoms in total. The van der Waals surface area contributed by atoms with Gasteiger partial charge >= 0.3 is 6.09 Å². The van der Waals surface area contributed by atoms with Gasteiger partial charge in [-0.05, 0) is 50.3 Å². The number of thiophene rings is 1. The number of amides is 4. The van der Waals surface area contributed by atoms with Gasteiger partial charge in [-0.15, -0.1) is 17.8 Å². The maximum atomic E-state index is 13.0. The minimum Gasteiger partial charge on any atom is -0.450 e. The average molecular weight is 609 g/mol. The van der Waals surface area contributed by atoms with Crippen molar-refractivity contribution in [1.29, 1.82) is 0 Å². The number of hydrogen-bond donors (Lipinski definition) is 3. The van der Waals surface area contributed by atoms with Gasteiger partial charge in [-0.3, -0.25) is 29.3 Å². The lowest BCUT2D eigenvalue weighted by atomic mass is 9.92. The zero-order valence-corrected chi connectivity index (χ0v) is 24.6. The highest BCUT2D eigenvalue weighted by Crippen LogP contribution is 2.34. The van der Waals surface area contributed by atoms with E-state index in [2.05, 4.69) is 37.1 Å². The van der Waals surface area contributed by atoms with Crippen LogP contribution in [-0.2, 0) is 25.5 Å². The number of carbonyl (C=O) groups is 6. The van der Waals surface area contributed by atoms with E-state index in [1.54, 1.807) is 12.3 Å². The van der Waals surface area contributed by atoms with Crippen LogP contribution in [-0.4, -0.2) is 59.2 Å². The molecular weight excluding hydrogens is 576 g/mol. The molecule has 4 amide bonds. The molecule has 2 aromatic rings. The van der Waals surface area contributed by atoms with Crippen molar-refractivity contribution in [2.45, 2.75) is 58.0 Å². The molecule has 0 bridgehead atoms. The number of alkyl carbamates (subject to hydrolysis) is 1. The molecule has 14 heteroatoms. The summed E-state index contributed by atoms with van der Waals surface area (Å²) in [6.07, 6.45) is 6.19. The molecule has 0 saturated heterocycles. The molecule has 0 aliphatic carbocycles. The van der Waals surface area contributed by atoms with E-state index in [0.717, 1.165) is 0 Å². The van der Waals surface area contributed by atoms with Crippen molar-refractivity contribution in [3.63, 3.8) is 0 Å². The van der Waals surface area contributed by atoms with Crippen LogP contribution in [0.1, 0.15) is 71.5 Å². The standard InChI is InChI=1S/C29H32N6O7S/c1-4-12-31-26(39)19(8-11-29(3)34-35-29)15-20(36)6-7-25(38)32-24-16-18(9-13-30-24)22(37)17-23-21(10-14-43-23)27(40)33-28(41)42-5-2/h1,9-10,13-14,16,19H,5-8,11-12,15,17H2,2-3H3,(H,31,39)(H,30,32,38)(H,33,40,41)/t19-/m1/s1. The number of rotatable bonds is 16. The molecule has 3 rings (SSSR count). The van der Waals surface area contributed by atoms with Crippen LogP contribution in [0.4, 0.5) is 10.6 Å². The van der Waals surface area contributed by atoms with Gasteiger partial charge in [0, 0.05) is 48.2 Å². The maximum Gasteiger partial charge on any atom is 0.414 e. The highest BCUT2D eigenvalue weighted by atomic mass is 32.1. The Bertz CT molecular complexity index is 1460. The SMILES string of the molecule is C#CCNC(=O)[C@H](CCC1(C)N=N1)CC(=O)CCC(=O)Nc1cc(C(=O)Cc2sccc2C(=O)NC(=O)OCC)ccn1. The van der Waals surface area contributed by atoms with Crippen molar-refractivity contribution in [3.8, 4) is 12.3 Å². The van der Waals surface area contributed by atoms with Crippen LogP contribution in [0, 0.1) is 18.3 Å². The van der Waals surface area contributed by atoms with Crippen molar-refractivity contribution in [3.05, 3.63) is 45.8 Å². The molecule has 0 fully saturated rings. The number of ether oxygens (including phenoxy) is 1. The molecule has 43 heavy (non-hydrogen) atoms. The Morgan fingerprint density at radius 2 is 1.91 bits per heavy atom. The summed E-state index contributed by atoms with van der Waals surface area (Å²) in [5, 5.41) is 16.8. The number of terminal acetylenes is 1. The van der Waals surface area contributed by atoms with Crippen LogP contribution < -0.4 is 16.0 Å². The van der Waals surface area contributed by atoms with E-state index in [4.69, 9.17) is 11.2 Å². The molecule has 3 heterocycles. The van der Waals surface area contributed by atoms with Crippen LogP contribution in [0.2, 0.25) is 0 Å². The lowest BCUT2D eigenvalue weighted by Gasteiger charge is -2.16. The number of ketones is 2. The van der Waals surface area contributed by atoms with Crippen molar-refractivity contribution < 1.29 is 33.5 Å². The minimum atomic E-state index is -0.881. The lowest BCUT2D eigenvalue weighted by Crippen LogP contribution is -2.33. The molecule has 3 N–H and O–H groups in total. The predicted molar refractivity (Wildman–Crippen MR) is 156 cm³/mol. The van der Waals surface area contributed by atoms with Gasteiger partial charge in [0.05, 0.1) is 18.7 Å². The molecule has 1 aliphatic heterocycles. The third-order valence-electron chi connectivity index (χ3n) is 6.40. The summed E-state index contributed by atoms with van der Waals surface area (Å²) < 4.78 is 4.72. The summed E-state index contributed by atoms with van der Waals surface area (Å²) in [5.41, 5.74) is -0.0854. The quantitative estimate of drug-likeness (QED) is 0.191. The first-order valence-corrected chi connectivity index (χ1v) is 14.4. The first-order chi connectivity index (χ1) is 20.5. The fourth-order valence-corrected chi connectivity index (χ4v) is 4.87. The molecule has 0 unspecified atom stereocenters. The summed E-state index contributed by atoms with van der Waals surface area (Å²) in [6, 6.07) is 4.38. The third kappa shape index (κ3) is 10.5. The second-order valence-electron chi connectivity index (χ2n) is 9.83. The van der Waals surface area contributed by atoms with Gasteiger partial charge in [-0.25, -0.2) is 9.78 Å². The molecule has 0 saturated carbocycles. The van der Waals surface area contributed by atoms with E-state index < -0.39 is 29.5 Å². The average Bonchev–Trinajstić information content (AvgIpc) is 3.53. The van der Waals surface area contributed by atoms with Crippen LogP contribution in [0.25, 0.3) is 0 Å². The summed E-state index contributed by atoms with van der Waals surface area (Å²) in [6.45, 7) is 3.59. The number of anilines is 1. The van der Waals surface area contributed by atoms with Crippen LogP contribution >= 0.6 is 11.3 Å². The third-order valence-corrected chi connectivity index (χ3v) is 7.32. The molecular formula is C29H32N6O7S. The summed E-state index contributed by atoms with van der Waals surface area (Å²) in [4.78, 5) is 79.1. The molecule has 2 aromatic heterocycles. The van der Waals surface area contributed by atoms with Gasteiger partial charge in [-0.1, -0.05) is 5.92 Å². The zero-order chi connectivity index (χ0) is 31.4. The second kappa shape index (κ2) is 15.5. The van der Waals surface area contributed by atoms with Gasteiger partial charge in [0.1, 0.15) is 11.6 Å². The van der Waals surface area contributed by atoms with Crippen LogP contribution in [0.15, 0.2) is 40.0 Å². The molecule has 0 spiro atoms. The van der Waals surface area contributed by atoms with Gasteiger partial charge in [0.25, 0.3) is 5.91 Å². The smallest absolute Gasteiger partial charge is 0.414 e. The topological polar surface area (TPSA) is 185 Å². The van der Waals surface area contributed by atoms with E-state index in [1.165, 1.54) is 35.7 Å². The van der Waals surface area contributed by atoms with Crippen LogP contribution in [0.5, 0.6) is 0 Å². The Kier molecular flexibility index (Phi) is 11.8. The van der Waals surface area contributed by atoms with Crippen molar-refractivity contribution in [1.82, 2.24) is 15.6 Å². The molecule has 1 atom stereocenters. The fraction of sp³-hybridized carbons (Fsp3) is 0.414. The van der Waals surface area contributed by atoms with E-state index in [1.807, 2.05) is 6.92 Å². The Morgan fingerprint density at radius 1 is 1.14 bits per heavy atom. The Morgan fingerprint density at radius 3 is 2.60 bits per heavy atom. The van der Waals surface area contributed by atoms with Crippen LogP contribution in [0.3, 0.4) is 0 Å². The van der Waals surface area contributed by atoms with Gasteiger partial charge in [0.2, 0.25) is 11.8 Å². The van der Waals surface area contributed by atoms with E-state index >= 15 is 0 Å². The summed E-state index contributed by atoms with van der Waals surface area (Å²) >= 11 is 1.19. The summed E-state index contributed by atoms with van der Waals surface area (Å²) in [7, 11) is 0. The minimum absolute atomic E-state index is 0.0474. The monoisotopic (exact) mass is 608 g/mol. The number of Topliss-reactive ketones (excluding diaryl/α,β-unsaturated/α-hetero) is 2. The lowest BCUT2D eigenvalue weighted by molar-refractivity contribution is -0.130. The van der Waals surface area contributed by atoms with E-state index in [9.17, 15) is 28.8 Å². The molecule has 0 aromatic carbocycles. The number of imide groups is 1. The largest absolute Gasteiger partial charge is 0.450 e. The fourth-order valence-electron chi connectivity index (χ4n) is 4.00. The van der Waals surface area contributed by atoms with Gasteiger partial charge in [0.15, 0.2) is 11.4 Å². The maximum absolute atomic E-state index is 13.0. The Hall–Kier alpha value is -4.77. The first kappa shape index (κ1) is 32.7. The van der Waals surface area contributed by atoms with Gasteiger partial charge in [-0.2, -0.15) is 10.2 Å². The number of nitrogens with one attached hydrogen (secondary N) is 3. The normalized spacial score (nSPS) is 13.2. The van der Waals surface area contributed by atoms with Gasteiger partial charge < -0.3 is 15.4 Å². The number of hydrogen-bond acceptors (Lipinski definition) is 11.